The minimum atomic E-state index is -2.08. The summed E-state index contributed by atoms with van der Waals surface area (Å²) in [5.41, 5.74) is 6.78. The van der Waals surface area contributed by atoms with Gasteiger partial charge in [-0.15, -0.1) is 0 Å². The lowest BCUT2D eigenvalue weighted by Gasteiger charge is -2.37. The van der Waals surface area contributed by atoms with Gasteiger partial charge in [0.05, 0.1) is 5.89 Å². The molecule has 2 aromatic rings. The molecular formula is C19H21NO. The summed E-state index contributed by atoms with van der Waals surface area (Å²) < 4.78 is 27.1. The van der Waals surface area contributed by atoms with Gasteiger partial charge in [0, 0.05) is 4.11 Å². The standard InChI is InChI=1S/C19H21NO/c20-19(21)18-16(14-8-3-1-4-9-14)12-7-13-17(18)15-10-5-2-6-11-15/h1-6,8-11,16-18H,7,12-13H2,(H2,20,21)/t16-,17+,18?/i16D,17D,18D. The average Bonchev–Trinajstić information content (AvgIpc) is 2.61. The van der Waals surface area contributed by atoms with Crippen LogP contribution in [0.25, 0.3) is 0 Å². The first kappa shape index (κ1) is 10.6. The molecule has 0 radical (unpaired) electrons. The number of primary amides is 1. The molecule has 2 aromatic carbocycles. The average molecular weight is 282 g/mol. The zero-order valence-corrected chi connectivity index (χ0v) is 11.9. The van der Waals surface area contributed by atoms with Crippen molar-refractivity contribution in [3.63, 3.8) is 0 Å². The molecule has 0 aromatic heterocycles. The van der Waals surface area contributed by atoms with Gasteiger partial charge in [0.15, 0.2) is 0 Å². The number of hydrogen-bond donors (Lipinski definition) is 1. The molecule has 2 heteroatoms. The van der Waals surface area contributed by atoms with Gasteiger partial charge in [0.1, 0.15) is 0 Å². The van der Waals surface area contributed by atoms with Gasteiger partial charge >= 0.3 is 0 Å². The molecule has 108 valence electrons. The maximum absolute atomic E-state index is 12.4. The Balaban J connectivity index is 2.24. The van der Waals surface area contributed by atoms with Crippen molar-refractivity contribution in [1.82, 2.24) is 0 Å². The molecule has 2 N–H and O–H groups in total. The molecule has 2 nitrogen and oxygen atoms in total. The predicted octanol–water partition coefficient (Wildman–Crippen LogP) is 3.84. The van der Waals surface area contributed by atoms with E-state index in [9.17, 15) is 4.79 Å². The monoisotopic (exact) mass is 282 g/mol. The van der Waals surface area contributed by atoms with Crippen LogP contribution in [0.4, 0.5) is 0 Å². The minimum Gasteiger partial charge on any atom is -0.369 e. The summed E-state index contributed by atoms with van der Waals surface area (Å²) in [5.74, 6) is -6.12. The summed E-state index contributed by atoms with van der Waals surface area (Å²) >= 11 is 0. The topological polar surface area (TPSA) is 43.1 Å². The van der Waals surface area contributed by atoms with Crippen LogP contribution in [0.3, 0.4) is 0 Å². The van der Waals surface area contributed by atoms with Crippen molar-refractivity contribution in [3.05, 3.63) is 71.8 Å². The van der Waals surface area contributed by atoms with Crippen LogP contribution in [0.5, 0.6) is 0 Å². The molecule has 0 saturated heterocycles. The Bertz CT molecular complexity index is 683. The van der Waals surface area contributed by atoms with Crippen LogP contribution in [-0.4, -0.2) is 5.91 Å². The van der Waals surface area contributed by atoms with E-state index in [1.165, 1.54) is 0 Å². The highest BCUT2D eigenvalue weighted by atomic mass is 16.1. The Labute approximate surface area is 130 Å². The van der Waals surface area contributed by atoms with E-state index in [0.29, 0.717) is 30.4 Å². The number of rotatable bonds is 3. The van der Waals surface area contributed by atoms with Crippen molar-refractivity contribution in [3.8, 4) is 0 Å². The molecule has 21 heavy (non-hydrogen) atoms. The zero-order valence-electron chi connectivity index (χ0n) is 14.9. The van der Waals surface area contributed by atoms with E-state index in [1.807, 2.05) is 12.1 Å². The first-order valence-electron chi connectivity index (χ1n) is 8.77. The maximum atomic E-state index is 12.4. The van der Waals surface area contributed by atoms with E-state index < -0.39 is 23.6 Å². The number of benzene rings is 2. The SMILES string of the molecule is [2H]C1(C(N)=O)[C@]([2H])(c2ccccc2)CCC[C@]1([2H])c1ccccc1. The lowest BCUT2D eigenvalue weighted by atomic mass is 9.67. The Kier molecular flexibility index (Phi) is 3.10. The van der Waals surface area contributed by atoms with Crippen molar-refractivity contribution in [1.29, 1.82) is 0 Å². The predicted molar refractivity (Wildman–Crippen MR) is 84.9 cm³/mol. The van der Waals surface area contributed by atoms with Crippen LogP contribution in [0, 0.1) is 5.89 Å². The van der Waals surface area contributed by atoms with E-state index in [1.54, 1.807) is 48.5 Å². The molecule has 3 rings (SSSR count). The number of carbonyl (C=O) groups excluding carboxylic acids is 1. The maximum Gasteiger partial charge on any atom is 0.221 e. The Morgan fingerprint density at radius 1 is 0.905 bits per heavy atom. The molecule has 0 bridgehead atoms. The van der Waals surface area contributed by atoms with Crippen LogP contribution < -0.4 is 5.73 Å². The first-order chi connectivity index (χ1) is 11.4. The summed E-state index contributed by atoms with van der Waals surface area (Å²) in [6.45, 7) is 0. The van der Waals surface area contributed by atoms with E-state index in [-0.39, 0.29) is 0 Å². The quantitative estimate of drug-likeness (QED) is 0.913. The van der Waals surface area contributed by atoms with Crippen molar-refractivity contribution in [2.45, 2.75) is 31.1 Å². The molecule has 1 aliphatic rings. The van der Waals surface area contributed by atoms with Gasteiger partial charge in [0.25, 0.3) is 0 Å². The number of nitrogens with two attached hydrogens (primary N) is 1. The van der Waals surface area contributed by atoms with Crippen LogP contribution >= 0.6 is 0 Å². The highest BCUT2D eigenvalue weighted by Crippen LogP contribution is 2.45. The van der Waals surface area contributed by atoms with E-state index in [2.05, 4.69) is 0 Å². The van der Waals surface area contributed by atoms with Gasteiger partial charge in [-0.1, -0.05) is 67.1 Å². The molecule has 1 aliphatic carbocycles. The normalized spacial score (nSPS) is 38.0. The van der Waals surface area contributed by atoms with E-state index in [4.69, 9.17) is 9.85 Å². The summed E-state index contributed by atoms with van der Waals surface area (Å²) in [7, 11) is 0. The first-order valence-corrected chi connectivity index (χ1v) is 7.27. The fraction of sp³-hybridized carbons (Fsp3) is 0.316. The number of hydrogen-bond acceptors (Lipinski definition) is 1. The molecule has 3 atom stereocenters. The number of carbonyl (C=O) groups is 1. The number of amides is 1. The minimum absolute atomic E-state index is 0.330. The molecule has 0 spiro atoms. The van der Waals surface area contributed by atoms with Gasteiger partial charge < -0.3 is 5.73 Å². The van der Waals surface area contributed by atoms with Crippen molar-refractivity contribution in [2.24, 2.45) is 11.6 Å². The van der Waals surface area contributed by atoms with Gasteiger partial charge in [-0.3, -0.25) is 4.79 Å². The Morgan fingerprint density at radius 3 is 1.71 bits per heavy atom. The smallest absolute Gasteiger partial charge is 0.221 e. The third kappa shape index (κ3) is 2.85. The van der Waals surface area contributed by atoms with Gasteiger partial charge in [-0.2, -0.15) is 0 Å². The molecular weight excluding hydrogens is 258 g/mol. The molecule has 1 amide bonds. The summed E-state index contributed by atoms with van der Waals surface area (Å²) in [5, 5.41) is 0. The van der Waals surface area contributed by atoms with Crippen molar-refractivity contribution < 1.29 is 8.91 Å². The van der Waals surface area contributed by atoms with Crippen LogP contribution in [0.15, 0.2) is 60.7 Å². The highest BCUT2D eigenvalue weighted by molar-refractivity contribution is 5.79. The fourth-order valence-electron chi connectivity index (χ4n) is 3.03. The zero-order chi connectivity index (χ0) is 17.4. The lowest BCUT2D eigenvalue weighted by Crippen LogP contribution is -2.36. The van der Waals surface area contributed by atoms with E-state index in [0.717, 1.165) is 0 Å². The molecule has 1 fully saturated rings. The summed E-state index contributed by atoms with van der Waals surface area (Å²) in [6, 6.07) is 17.8. The van der Waals surface area contributed by atoms with Crippen LogP contribution in [-0.2, 0) is 4.79 Å². The largest absolute Gasteiger partial charge is 0.369 e. The fourth-order valence-corrected chi connectivity index (χ4v) is 3.03. The molecule has 0 aliphatic heterocycles. The Morgan fingerprint density at radius 2 is 1.33 bits per heavy atom. The second-order valence-electron chi connectivity index (χ2n) is 5.28. The van der Waals surface area contributed by atoms with Gasteiger partial charge in [0.2, 0.25) is 5.91 Å². The van der Waals surface area contributed by atoms with Crippen molar-refractivity contribution in [2.75, 3.05) is 0 Å². The van der Waals surface area contributed by atoms with Crippen LogP contribution in [0.2, 0.25) is 0 Å². The second-order valence-corrected chi connectivity index (χ2v) is 5.28. The van der Waals surface area contributed by atoms with Crippen molar-refractivity contribution >= 4 is 5.91 Å². The summed E-state index contributed by atoms with van der Waals surface area (Å²) in [4.78, 5) is 12.4. The van der Waals surface area contributed by atoms with Gasteiger partial charge in [-0.05, 0) is 35.8 Å². The second kappa shape index (κ2) is 6.13. The third-order valence-electron chi connectivity index (χ3n) is 3.95. The van der Waals surface area contributed by atoms with E-state index >= 15 is 0 Å². The Hall–Kier alpha value is -2.09. The molecule has 1 saturated carbocycles. The molecule has 1 unspecified atom stereocenters. The summed E-state index contributed by atoms with van der Waals surface area (Å²) in [6.07, 6.45) is 1.25. The van der Waals surface area contributed by atoms with Crippen LogP contribution in [0.1, 0.15) is 46.3 Å². The highest BCUT2D eigenvalue weighted by Gasteiger charge is 2.38. The lowest BCUT2D eigenvalue weighted by molar-refractivity contribution is -0.124. The third-order valence-corrected chi connectivity index (χ3v) is 3.95. The van der Waals surface area contributed by atoms with Gasteiger partial charge in [-0.25, -0.2) is 0 Å². The molecule has 0 heterocycles.